The maximum Gasteiger partial charge on any atom is 0.269 e. The summed E-state index contributed by atoms with van der Waals surface area (Å²) in [6, 6.07) is 5.03. The zero-order chi connectivity index (χ0) is 13.7. The zero-order valence-corrected chi connectivity index (χ0v) is 12.6. The Kier molecular flexibility index (Phi) is 5.59. The van der Waals surface area contributed by atoms with Crippen LogP contribution in [0.3, 0.4) is 0 Å². The Hall–Kier alpha value is -1.10. The monoisotopic (exact) mass is 314 g/mol. The second-order valence-electron chi connectivity index (χ2n) is 4.81. The molecule has 4 nitrogen and oxygen atoms in total. The van der Waals surface area contributed by atoms with Crippen molar-refractivity contribution < 1.29 is 4.92 Å². The lowest BCUT2D eigenvalue weighted by Crippen LogP contribution is -2.21. The van der Waals surface area contributed by atoms with Crippen LogP contribution < -0.4 is 4.90 Å². The molecular weight excluding hydrogens is 296 g/mol. The molecule has 0 saturated carbocycles. The number of halogens is 1. The summed E-state index contributed by atoms with van der Waals surface area (Å²) in [6.07, 6.45) is 1.11. The number of rotatable bonds is 6. The van der Waals surface area contributed by atoms with Gasteiger partial charge >= 0.3 is 0 Å². The number of hydrogen-bond acceptors (Lipinski definition) is 3. The quantitative estimate of drug-likeness (QED) is 0.453. The number of nitrogens with zero attached hydrogens (tertiary/aromatic N) is 2. The Bertz CT molecular complexity index is 421. The van der Waals surface area contributed by atoms with Gasteiger partial charge in [0.05, 0.1) is 4.92 Å². The highest BCUT2D eigenvalue weighted by Gasteiger charge is 2.12. The smallest absolute Gasteiger partial charge is 0.269 e. The van der Waals surface area contributed by atoms with Crippen LogP contribution in [0, 0.1) is 16.0 Å². The van der Waals surface area contributed by atoms with E-state index in [4.69, 9.17) is 0 Å². The summed E-state index contributed by atoms with van der Waals surface area (Å²) in [5.74, 6) is 0.651. The minimum absolute atomic E-state index is 0.144. The van der Waals surface area contributed by atoms with E-state index in [1.165, 1.54) is 0 Å². The highest BCUT2D eigenvalue weighted by atomic mass is 79.9. The van der Waals surface area contributed by atoms with Gasteiger partial charge in [0.2, 0.25) is 0 Å². The molecule has 0 N–H and O–H groups in total. The van der Waals surface area contributed by atoms with Crippen LogP contribution >= 0.6 is 15.9 Å². The molecule has 0 bridgehead atoms. The van der Waals surface area contributed by atoms with E-state index in [1.54, 1.807) is 12.1 Å². The lowest BCUT2D eigenvalue weighted by atomic mass is 10.1. The van der Waals surface area contributed by atoms with E-state index in [-0.39, 0.29) is 10.6 Å². The summed E-state index contributed by atoms with van der Waals surface area (Å²) in [5.41, 5.74) is 2.15. The highest BCUT2D eigenvalue weighted by molar-refractivity contribution is 9.08. The van der Waals surface area contributed by atoms with Gasteiger partial charge in [0.25, 0.3) is 5.69 Å². The second-order valence-corrected chi connectivity index (χ2v) is 5.37. The lowest BCUT2D eigenvalue weighted by Gasteiger charge is -2.22. The molecule has 0 aromatic heterocycles. The van der Waals surface area contributed by atoms with Crippen molar-refractivity contribution in [3.05, 3.63) is 33.9 Å². The molecule has 0 amide bonds. The first-order valence-corrected chi connectivity index (χ1v) is 7.12. The van der Waals surface area contributed by atoms with Crippen LogP contribution in [0.1, 0.15) is 25.8 Å². The molecule has 1 aromatic carbocycles. The van der Waals surface area contributed by atoms with E-state index in [9.17, 15) is 10.1 Å². The van der Waals surface area contributed by atoms with Crippen LogP contribution in [0.2, 0.25) is 0 Å². The molecule has 18 heavy (non-hydrogen) atoms. The Labute approximate surface area is 116 Å². The summed E-state index contributed by atoms with van der Waals surface area (Å²) < 4.78 is 0. The Morgan fingerprint density at radius 3 is 2.61 bits per heavy atom. The fourth-order valence-corrected chi connectivity index (χ4v) is 2.19. The third-order valence-corrected chi connectivity index (χ3v) is 3.48. The molecule has 0 fully saturated rings. The van der Waals surface area contributed by atoms with Crippen LogP contribution in [0.4, 0.5) is 11.4 Å². The molecule has 100 valence electrons. The number of nitro benzene ring substituents is 1. The fraction of sp³-hybridized carbons (Fsp3) is 0.538. The van der Waals surface area contributed by atoms with Gasteiger partial charge < -0.3 is 4.90 Å². The number of benzene rings is 1. The third-order valence-electron chi connectivity index (χ3n) is 2.87. The first kappa shape index (κ1) is 15.0. The predicted octanol–water partition coefficient (Wildman–Crippen LogP) is 3.97. The van der Waals surface area contributed by atoms with Gasteiger partial charge in [-0.1, -0.05) is 29.8 Å². The maximum atomic E-state index is 10.7. The SMILES string of the molecule is CC(C)CCN(C)c1ccc([N+](=O)[O-])cc1CBr. The van der Waals surface area contributed by atoms with Crippen LogP contribution in [0.5, 0.6) is 0 Å². The van der Waals surface area contributed by atoms with Crippen molar-refractivity contribution in [3.8, 4) is 0 Å². The number of non-ortho nitro benzene ring substituents is 1. The summed E-state index contributed by atoms with van der Waals surface area (Å²) in [7, 11) is 2.02. The average molecular weight is 315 g/mol. The highest BCUT2D eigenvalue weighted by Crippen LogP contribution is 2.27. The molecule has 0 aliphatic heterocycles. The fourth-order valence-electron chi connectivity index (χ4n) is 1.74. The number of anilines is 1. The summed E-state index contributed by atoms with van der Waals surface area (Å²) in [4.78, 5) is 12.5. The maximum absolute atomic E-state index is 10.7. The molecule has 5 heteroatoms. The van der Waals surface area contributed by atoms with E-state index in [0.29, 0.717) is 11.2 Å². The first-order chi connectivity index (χ1) is 8.45. The number of hydrogen-bond donors (Lipinski definition) is 0. The summed E-state index contributed by atoms with van der Waals surface area (Å²) in [6.45, 7) is 5.33. The van der Waals surface area contributed by atoms with E-state index < -0.39 is 0 Å². The van der Waals surface area contributed by atoms with Crippen molar-refractivity contribution in [2.45, 2.75) is 25.6 Å². The predicted molar refractivity (Wildman–Crippen MR) is 78.5 cm³/mol. The Balaban J connectivity index is 2.91. The van der Waals surface area contributed by atoms with E-state index in [2.05, 4.69) is 34.7 Å². The van der Waals surface area contributed by atoms with E-state index in [1.807, 2.05) is 13.1 Å². The van der Waals surface area contributed by atoms with Crippen LogP contribution in [-0.4, -0.2) is 18.5 Å². The van der Waals surface area contributed by atoms with Gasteiger partial charge in [-0.05, 0) is 24.0 Å². The molecule has 0 heterocycles. The van der Waals surface area contributed by atoms with Gasteiger partial charge in [0.15, 0.2) is 0 Å². The number of nitro groups is 1. The third kappa shape index (κ3) is 3.98. The van der Waals surface area contributed by atoms with Crippen molar-refractivity contribution in [1.29, 1.82) is 0 Å². The lowest BCUT2D eigenvalue weighted by molar-refractivity contribution is -0.384. The second kappa shape index (κ2) is 6.73. The van der Waals surface area contributed by atoms with Crippen LogP contribution in [-0.2, 0) is 5.33 Å². The molecule has 0 aliphatic rings. The summed E-state index contributed by atoms with van der Waals surface area (Å²) >= 11 is 3.39. The van der Waals surface area contributed by atoms with Crippen molar-refractivity contribution in [2.24, 2.45) is 5.92 Å². The first-order valence-electron chi connectivity index (χ1n) is 6.00. The normalized spacial score (nSPS) is 10.7. The Morgan fingerprint density at radius 2 is 2.11 bits per heavy atom. The van der Waals surface area contributed by atoms with E-state index >= 15 is 0 Å². The molecule has 0 atom stereocenters. The molecule has 0 saturated heterocycles. The van der Waals surface area contributed by atoms with Gasteiger partial charge in [0, 0.05) is 36.7 Å². The molecule has 0 radical (unpaired) electrons. The topological polar surface area (TPSA) is 46.4 Å². The van der Waals surface area contributed by atoms with Gasteiger partial charge in [-0.2, -0.15) is 0 Å². The molecule has 0 aliphatic carbocycles. The molecule has 0 unspecified atom stereocenters. The van der Waals surface area contributed by atoms with Crippen LogP contribution in [0.25, 0.3) is 0 Å². The Morgan fingerprint density at radius 1 is 1.44 bits per heavy atom. The van der Waals surface area contributed by atoms with Crippen LogP contribution in [0.15, 0.2) is 18.2 Å². The largest absolute Gasteiger partial charge is 0.374 e. The minimum Gasteiger partial charge on any atom is -0.374 e. The number of alkyl halides is 1. The van der Waals surface area contributed by atoms with Crippen molar-refractivity contribution in [1.82, 2.24) is 0 Å². The minimum atomic E-state index is -0.357. The van der Waals surface area contributed by atoms with Crippen molar-refractivity contribution in [3.63, 3.8) is 0 Å². The van der Waals surface area contributed by atoms with E-state index in [0.717, 1.165) is 24.2 Å². The van der Waals surface area contributed by atoms with Crippen molar-refractivity contribution >= 4 is 27.3 Å². The van der Waals surface area contributed by atoms with Gasteiger partial charge in [0.1, 0.15) is 0 Å². The van der Waals surface area contributed by atoms with Gasteiger partial charge in [-0.25, -0.2) is 0 Å². The average Bonchev–Trinajstić information content (AvgIpc) is 2.34. The molecular formula is C13H19BrN2O2. The standard InChI is InChI=1S/C13H19BrN2O2/c1-10(2)6-7-15(3)13-5-4-12(16(17)18)8-11(13)9-14/h4-5,8,10H,6-7,9H2,1-3H3. The van der Waals surface area contributed by atoms with Gasteiger partial charge in [-0.15, -0.1) is 0 Å². The van der Waals surface area contributed by atoms with Gasteiger partial charge in [-0.3, -0.25) is 10.1 Å². The zero-order valence-electron chi connectivity index (χ0n) is 11.0. The molecule has 1 aromatic rings. The summed E-state index contributed by atoms with van der Waals surface area (Å²) in [5, 5.41) is 11.4. The molecule has 1 rings (SSSR count). The van der Waals surface area contributed by atoms with Crippen molar-refractivity contribution in [2.75, 3.05) is 18.5 Å². The molecule has 0 spiro atoms.